The van der Waals surface area contributed by atoms with Gasteiger partial charge in [-0.1, -0.05) is 12.1 Å². The number of para-hydroxylation sites is 1. The average molecular weight is 249 g/mol. The maximum absolute atomic E-state index is 11.7. The second-order valence-corrected chi connectivity index (χ2v) is 3.84. The van der Waals surface area contributed by atoms with Gasteiger partial charge in [0.25, 0.3) is 5.91 Å². The maximum Gasteiger partial charge on any atom is 0.303 e. The molecule has 0 spiro atoms. The molecule has 0 bridgehead atoms. The van der Waals surface area contributed by atoms with Crippen LogP contribution in [0.1, 0.15) is 31.1 Å². The van der Waals surface area contributed by atoms with E-state index in [-0.39, 0.29) is 5.78 Å². The van der Waals surface area contributed by atoms with Crippen LogP contribution in [0, 0.1) is 0 Å². The Balaban J connectivity index is 2.82. The summed E-state index contributed by atoms with van der Waals surface area (Å²) in [5, 5.41) is 2.56. The van der Waals surface area contributed by atoms with Crippen molar-refractivity contribution in [2.75, 3.05) is 5.32 Å². The number of rotatable bonds is 4. The third kappa shape index (κ3) is 3.69. The quantitative estimate of drug-likeness (QED) is 0.652. The zero-order valence-corrected chi connectivity index (χ0v) is 10.5. The van der Waals surface area contributed by atoms with E-state index in [2.05, 4.69) is 5.32 Å². The zero-order valence-electron chi connectivity index (χ0n) is 10.5. The Bertz CT molecular complexity index is 482. The first kappa shape index (κ1) is 13.9. The second-order valence-electron chi connectivity index (χ2n) is 3.84. The van der Waals surface area contributed by atoms with Crippen LogP contribution in [0.3, 0.4) is 0 Å². The highest BCUT2D eigenvalue weighted by molar-refractivity contribution is 6.04. The molecule has 1 amide bonds. The molecule has 0 aromatic heterocycles. The Morgan fingerprint density at radius 1 is 1.17 bits per heavy atom. The first-order valence-corrected chi connectivity index (χ1v) is 5.50. The van der Waals surface area contributed by atoms with Gasteiger partial charge in [-0.15, -0.1) is 0 Å². The molecule has 0 aliphatic rings. The lowest BCUT2D eigenvalue weighted by Gasteiger charge is -2.13. The third-order valence-corrected chi connectivity index (χ3v) is 2.28. The molecule has 1 atom stereocenters. The van der Waals surface area contributed by atoms with Gasteiger partial charge in [0.15, 0.2) is 11.9 Å². The largest absolute Gasteiger partial charge is 0.453 e. The van der Waals surface area contributed by atoms with Gasteiger partial charge in [0.05, 0.1) is 5.69 Å². The van der Waals surface area contributed by atoms with Gasteiger partial charge in [0, 0.05) is 12.5 Å². The topological polar surface area (TPSA) is 72.5 Å². The van der Waals surface area contributed by atoms with Gasteiger partial charge in [-0.05, 0) is 26.0 Å². The molecule has 1 rings (SSSR count). The monoisotopic (exact) mass is 249 g/mol. The van der Waals surface area contributed by atoms with Gasteiger partial charge in [-0.25, -0.2) is 0 Å². The van der Waals surface area contributed by atoms with Crippen molar-refractivity contribution < 1.29 is 19.1 Å². The summed E-state index contributed by atoms with van der Waals surface area (Å²) in [4.78, 5) is 33.8. The van der Waals surface area contributed by atoms with Crippen LogP contribution in [-0.2, 0) is 14.3 Å². The molecule has 0 saturated carbocycles. The van der Waals surface area contributed by atoms with Crippen LogP contribution in [0.25, 0.3) is 0 Å². The van der Waals surface area contributed by atoms with Gasteiger partial charge in [0.1, 0.15) is 0 Å². The van der Waals surface area contributed by atoms with Gasteiger partial charge in [-0.3, -0.25) is 14.4 Å². The summed E-state index contributed by atoms with van der Waals surface area (Å²) in [5.74, 6) is -1.15. The lowest BCUT2D eigenvalue weighted by molar-refractivity contribution is -0.150. The van der Waals surface area contributed by atoms with Crippen molar-refractivity contribution in [2.24, 2.45) is 0 Å². The number of ketones is 1. The van der Waals surface area contributed by atoms with Crippen molar-refractivity contribution in [1.82, 2.24) is 0 Å². The molecule has 0 heterocycles. The Kier molecular flexibility index (Phi) is 4.59. The maximum atomic E-state index is 11.7. The normalized spacial score (nSPS) is 11.5. The number of ether oxygens (including phenoxy) is 1. The molecule has 1 N–H and O–H groups in total. The Hall–Kier alpha value is -2.17. The van der Waals surface area contributed by atoms with Crippen molar-refractivity contribution in [3.8, 4) is 0 Å². The molecule has 0 fully saturated rings. The molecular formula is C13H15NO4. The zero-order chi connectivity index (χ0) is 13.7. The molecule has 1 aromatic carbocycles. The number of esters is 1. The van der Waals surface area contributed by atoms with Crippen molar-refractivity contribution in [2.45, 2.75) is 26.9 Å². The SMILES string of the molecule is CC(=O)O[C@@H](C)C(=O)Nc1ccccc1C(C)=O. The highest BCUT2D eigenvalue weighted by Crippen LogP contribution is 2.16. The van der Waals surface area contributed by atoms with Gasteiger partial charge < -0.3 is 10.1 Å². The van der Waals surface area contributed by atoms with Crippen LogP contribution in [-0.4, -0.2) is 23.8 Å². The van der Waals surface area contributed by atoms with Crippen LogP contribution in [0.15, 0.2) is 24.3 Å². The first-order chi connectivity index (χ1) is 8.41. The molecule has 0 unspecified atom stereocenters. The Morgan fingerprint density at radius 3 is 2.33 bits per heavy atom. The summed E-state index contributed by atoms with van der Waals surface area (Å²) in [6.45, 7) is 4.11. The number of hydrogen-bond acceptors (Lipinski definition) is 4. The van der Waals surface area contributed by atoms with E-state index in [0.29, 0.717) is 11.3 Å². The van der Waals surface area contributed by atoms with E-state index in [0.717, 1.165) is 0 Å². The van der Waals surface area contributed by atoms with E-state index in [9.17, 15) is 14.4 Å². The summed E-state index contributed by atoms with van der Waals surface area (Å²) in [6, 6.07) is 6.66. The fourth-order valence-corrected chi connectivity index (χ4v) is 1.44. The number of carbonyl (C=O) groups excluding carboxylic acids is 3. The van der Waals surface area contributed by atoms with Crippen molar-refractivity contribution >= 4 is 23.3 Å². The minimum atomic E-state index is -0.900. The van der Waals surface area contributed by atoms with E-state index >= 15 is 0 Å². The smallest absolute Gasteiger partial charge is 0.303 e. The Labute approximate surface area is 105 Å². The minimum absolute atomic E-state index is 0.147. The molecule has 0 aliphatic carbocycles. The van der Waals surface area contributed by atoms with Gasteiger partial charge in [-0.2, -0.15) is 0 Å². The average Bonchev–Trinajstić information content (AvgIpc) is 2.28. The van der Waals surface area contributed by atoms with Crippen LogP contribution in [0.2, 0.25) is 0 Å². The van der Waals surface area contributed by atoms with E-state index in [4.69, 9.17) is 4.74 Å². The fourth-order valence-electron chi connectivity index (χ4n) is 1.44. The predicted octanol–water partition coefficient (Wildman–Crippen LogP) is 1.78. The number of amides is 1. The minimum Gasteiger partial charge on any atom is -0.453 e. The van der Waals surface area contributed by atoms with Crippen LogP contribution >= 0.6 is 0 Å². The molecule has 5 nitrogen and oxygen atoms in total. The number of hydrogen-bond donors (Lipinski definition) is 1. The molecule has 1 aromatic rings. The standard InChI is InChI=1S/C13H15NO4/c1-8(15)11-6-4-5-7-12(11)14-13(17)9(2)18-10(3)16/h4-7,9H,1-3H3,(H,14,17)/t9-/m0/s1. The lowest BCUT2D eigenvalue weighted by atomic mass is 10.1. The molecular weight excluding hydrogens is 234 g/mol. The van der Waals surface area contributed by atoms with E-state index in [1.54, 1.807) is 24.3 Å². The molecule has 0 saturated heterocycles. The van der Waals surface area contributed by atoms with Crippen molar-refractivity contribution in [1.29, 1.82) is 0 Å². The second kappa shape index (κ2) is 5.95. The molecule has 0 radical (unpaired) electrons. The van der Waals surface area contributed by atoms with Gasteiger partial charge >= 0.3 is 5.97 Å². The molecule has 0 aliphatic heterocycles. The highest BCUT2D eigenvalue weighted by Gasteiger charge is 2.17. The lowest BCUT2D eigenvalue weighted by Crippen LogP contribution is -2.29. The van der Waals surface area contributed by atoms with Gasteiger partial charge in [0.2, 0.25) is 0 Å². The number of nitrogens with one attached hydrogen (secondary N) is 1. The van der Waals surface area contributed by atoms with Crippen LogP contribution in [0.4, 0.5) is 5.69 Å². The molecule has 18 heavy (non-hydrogen) atoms. The van der Waals surface area contributed by atoms with Crippen molar-refractivity contribution in [3.63, 3.8) is 0 Å². The number of carbonyl (C=O) groups is 3. The van der Waals surface area contributed by atoms with E-state index in [1.807, 2.05) is 0 Å². The fraction of sp³-hybridized carbons (Fsp3) is 0.308. The van der Waals surface area contributed by atoms with Crippen LogP contribution in [0.5, 0.6) is 0 Å². The molecule has 5 heteroatoms. The molecule has 96 valence electrons. The highest BCUT2D eigenvalue weighted by atomic mass is 16.5. The summed E-state index contributed by atoms with van der Waals surface area (Å²) in [6.07, 6.45) is -0.900. The number of benzene rings is 1. The van der Waals surface area contributed by atoms with Crippen molar-refractivity contribution in [3.05, 3.63) is 29.8 Å². The number of Topliss-reactive ketones (excluding diaryl/α,β-unsaturated/α-hetero) is 1. The summed E-state index contributed by atoms with van der Waals surface area (Å²) in [7, 11) is 0. The first-order valence-electron chi connectivity index (χ1n) is 5.50. The van der Waals surface area contributed by atoms with E-state index in [1.165, 1.54) is 20.8 Å². The summed E-state index contributed by atoms with van der Waals surface area (Å²) < 4.78 is 4.75. The Morgan fingerprint density at radius 2 is 1.78 bits per heavy atom. The predicted molar refractivity (Wildman–Crippen MR) is 66.3 cm³/mol. The third-order valence-electron chi connectivity index (χ3n) is 2.28. The summed E-state index contributed by atoms with van der Waals surface area (Å²) in [5.41, 5.74) is 0.829. The van der Waals surface area contributed by atoms with E-state index < -0.39 is 18.0 Å². The summed E-state index contributed by atoms with van der Waals surface area (Å²) >= 11 is 0. The van der Waals surface area contributed by atoms with Crippen LogP contribution < -0.4 is 5.32 Å². The number of anilines is 1.